The number of hydrogen-bond acceptors (Lipinski definition) is 6. The molecule has 21 heavy (non-hydrogen) atoms. The molecule has 0 atom stereocenters. The number of fused-ring (bicyclic) bond motifs is 1. The van der Waals surface area contributed by atoms with Gasteiger partial charge in [0.1, 0.15) is 5.01 Å². The van der Waals surface area contributed by atoms with Crippen molar-refractivity contribution in [3.8, 4) is 10.6 Å². The fourth-order valence-corrected chi connectivity index (χ4v) is 2.73. The average molecular weight is 301 g/mol. The Hall–Kier alpha value is -2.54. The van der Waals surface area contributed by atoms with Gasteiger partial charge in [0.05, 0.1) is 6.61 Å². The minimum atomic E-state index is -0.605. The molecule has 0 radical (unpaired) electrons. The van der Waals surface area contributed by atoms with Gasteiger partial charge in [-0.2, -0.15) is 9.61 Å². The summed E-state index contributed by atoms with van der Waals surface area (Å²) in [5, 5.41) is 4.90. The predicted octanol–water partition coefficient (Wildman–Crippen LogP) is 1.99. The summed E-state index contributed by atoms with van der Waals surface area (Å²) in [7, 11) is 0. The minimum absolute atomic E-state index is 0.00473. The van der Waals surface area contributed by atoms with Gasteiger partial charge in [0.25, 0.3) is 5.56 Å². The van der Waals surface area contributed by atoms with E-state index in [1.165, 1.54) is 15.9 Å². The Morgan fingerprint density at radius 1 is 1.33 bits per heavy atom. The first-order valence-corrected chi connectivity index (χ1v) is 7.14. The standard InChI is InChI=1S/C14H11N3O3S/c1-2-20-13(19)10-8-11(18)17-14(15-10)21-12(16-17)9-6-4-3-5-7-9/h3-8H,2H2,1H3. The van der Waals surface area contributed by atoms with Crippen molar-refractivity contribution in [2.45, 2.75) is 6.92 Å². The van der Waals surface area contributed by atoms with Crippen molar-refractivity contribution in [2.24, 2.45) is 0 Å². The summed E-state index contributed by atoms with van der Waals surface area (Å²) < 4.78 is 6.05. The third-order valence-corrected chi connectivity index (χ3v) is 3.71. The second-order valence-corrected chi connectivity index (χ2v) is 5.12. The molecule has 0 saturated heterocycles. The van der Waals surface area contributed by atoms with Gasteiger partial charge in [0.2, 0.25) is 4.96 Å². The van der Waals surface area contributed by atoms with Crippen molar-refractivity contribution >= 4 is 22.3 Å². The zero-order valence-corrected chi connectivity index (χ0v) is 12.0. The topological polar surface area (TPSA) is 73.6 Å². The van der Waals surface area contributed by atoms with E-state index in [9.17, 15) is 9.59 Å². The molecule has 1 aromatic carbocycles. The number of hydrogen-bond donors (Lipinski definition) is 0. The number of aromatic nitrogens is 3. The van der Waals surface area contributed by atoms with Crippen LogP contribution in [-0.2, 0) is 4.74 Å². The van der Waals surface area contributed by atoms with Gasteiger partial charge in [0.15, 0.2) is 5.69 Å². The van der Waals surface area contributed by atoms with Crippen molar-refractivity contribution in [3.63, 3.8) is 0 Å². The minimum Gasteiger partial charge on any atom is -0.461 e. The Labute approximate surface area is 123 Å². The molecule has 0 aliphatic heterocycles. The summed E-state index contributed by atoms with van der Waals surface area (Å²) in [6.07, 6.45) is 0. The average Bonchev–Trinajstić information content (AvgIpc) is 2.93. The molecule has 2 aromatic heterocycles. The maximum Gasteiger partial charge on any atom is 0.357 e. The van der Waals surface area contributed by atoms with Crippen LogP contribution in [0, 0.1) is 0 Å². The Morgan fingerprint density at radius 3 is 2.81 bits per heavy atom. The highest BCUT2D eigenvalue weighted by molar-refractivity contribution is 7.19. The van der Waals surface area contributed by atoms with E-state index in [1.54, 1.807) is 6.92 Å². The Kier molecular flexibility index (Phi) is 3.49. The van der Waals surface area contributed by atoms with Crippen LogP contribution in [0.15, 0.2) is 41.2 Å². The highest BCUT2D eigenvalue weighted by atomic mass is 32.1. The molecule has 3 aromatic rings. The number of carbonyl (C=O) groups excluding carboxylic acids is 1. The molecule has 0 unspecified atom stereocenters. The maximum absolute atomic E-state index is 12.0. The van der Waals surface area contributed by atoms with Gasteiger partial charge in [-0.05, 0) is 6.92 Å². The number of benzene rings is 1. The van der Waals surface area contributed by atoms with Crippen LogP contribution in [0.5, 0.6) is 0 Å². The van der Waals surface area contributed by atoms with Crippen LogP contribution in [0.3, 0.4) is 0 Å². The van der Waals surface area contributed by atoms with E-state index >= 15 is 0 Å². The monoisotopic (exact) mass is 301 g/mol. The normalized spacial score (nSPS) is 10.7. The largest absolute Gasteiger partial charge is 0.461 e. The molecule has 0 aliphatic rings. The number of nitrogens with zero attached hydrogens (tertiary/aromatic N) is 3. The first-order chi connectivity index (χ1) is 10.2. The van der Waals surface area contributed by atoms with Crippen LogP contribution in [0.4, 0.5) is 0 Å². The van der Waals surface area contributed by atoms with Crippen molar-refractivity contribution in [1.29, 1.82) is 0 Å². The second kappa shape index (κ2) is 5.45. The number of ether oxygens (including phenoxy) is 1. The van der Waals surface area contributed by atoms with Crippen molar-refractivity contribution in [3.05, 3.63) is 52.4 Å². The molecule has 6 nitrogen and oxygen atoms in total. The van der Waals surface area contributed by atoms with E-state index in [-0.39, 0.29) is 12.3 Å². The Morgan fingerprint density at radius 2 is 2.10 bits per heavy atom. The molecule has 0 aliphatic carbocycles. The van der Waals surface area contributed by atoms with E-state index < -0.39 is 11.5 Å². The van der Waals surface area contributed by atoms with Gasteiger partial charge in [0, 0.05) is 11.6 Å². The summed E-state index contributed by atoms with van der Waals surface area (Å²) >= 11 is 1.25. The molecule has 2 heterocycles. The lowest BCUT2D eigenvalue weighted by Crippen LogP contribution is -2.18. The van der Waals surface area contributed by atoms with Crippen LogP contribution in [-0.4, -0.2) is 27.2 Å². The third kappa shape index (κ3) is 2.55. The Balaban J connectivity index is 2.12. The molecule has 0 spiro atoms. The molecule has 0 saturated carbocycles. The fourth-order valence-electron chi connectivity index (χ4n) is 1.82. The molecular weight excluding hydrogens is 290 g/mol. The van der Waals surface area contributed by atoms with Gasteiger partial charge in [-0.1, -0.05) is 41.7 Å². The first kappa shape index (κ1) is 13.4. The summed E-state index contributed by atoms with van der Waals surface area (Å²) in [6.45, 7) is 1.93. The van der Waals surface area contributed by atoms with Crippen LogP contribution in [0.25, 0.3) is 15.5 Å². The van der Waals surface area contributed by atoms with E-state index in [4.69, 9.17) is 4.74 Å². The van der Waals surface area contributed by atoms with Crippen LogP contribution < -0.4 is 5.56 Å². The van der Waals surface area contributed by atoms with Crippen LogP contribution >= 0.6 is 11.3 Å². The highest BCUT2D eigenvalue weighted by Crippen LogP contribution is 2.23. The lowest BCUT2D eigenvalue weighted by molar-refractivity contribution is 0.0519. The maximum atomic E-state index is 12.0. The van der Waals surface area contributed by atoms with Crippen LogP contribution in [0.1, 0.15) is 17.4 Å². The van der Waals surface area contributed by atoms with E-state index in [1.807, 2.05) is 30.3 Å². The zero-order valence-electron chi connectivity index (χ0n) is 11.1. The zero-order chi connectivity index (χ0) is 14.8. The summed E-state index contributed by atoms with van der Waals surface area (Å²) in [6, 6.07) is 10.6. The van der Waals surface area contributed by atoms with E-state index in [0.717, 1.165) is 11.6 Å². The highest BCUT2D eigenvalue weighted by Gasteiger charge is 2.15. The molecule has 7 heteroatoms. The lowest BCUT2D eigenvalue weighted by atomic mass is 10.2. The van der Waals surface area contributed by atoms with Gasteiger partial charge >= 0.3 is 5.97 Å². The summed E-state index contributed by atoms with van der Waals surface area (Å²) in [5.74, 6) is -0.605. The quantitative estimate of drug-likeness (QED) is 0.692. The van der Waals surface area contributed by atoms with Gasteiger partial charge in [-0.3, -0.25) is 4.79 Å². The molecule has 106 valence electrons. The van der Waals surface area contributed by atoms with Gasteiger partial charge < -0.3 is 4.74 Å². The smallest absolute Gasteiger partial charge is 0.357 e. The lowest BCUT2D eigenvalue weighted by Gasteiger charge is -1.99. The van der Waals surface area contributed by atoms with Gasteiger partial charge in [-0.25, -0.2) is 9.78 Å². The molecule has 3 rings (SSSR count). The molecule has 0 N–H and O–H groups in total. The molecule has 0 fully saturated rings. The molecular formula is C14H11N3O3S. The fraction of sp³-hybridized carbons (Fsp3) is 0.143. The first-order valence-electron chi connectivity index (χ1n) is 6.32. The van der Waals surface area contributed by atoms with Crippen LogP contribution in [0.2, 0.25) is 0 Å². The van der Waals surface area contributed by atoms with E-state index in [0.29, 0.717) is 9.97 Å². The molecule has 0 bridgehead atoms. The van der Waals surface area contributed by atoms with Crippen molar-refractivity contribution < 1.29 is 9.53 Å². The summed E-state index contributed by atoms with van der Waals surface area (Å²) in [5.41, 5.74) is 0.497. The predicted molar refractivity (Wildman–Crippen MR) is 78.5 cm³/mol. The van der Waals surface area contributed by atoms with Crippen molar-refractivity contribution in [2.75, 3.05) is 6.61 Å². The Bertz CT molecular complexity index is 855. The second-order valence-electron chi connectivity index (χ2n) is 4.17. The SMILES string of the molecule is CCOC(=O)c1cc(=O)n2nc(-c3ccccc3)sc2n1. The molecule has 0 amide bonds. The third-order valence-electron chi connectivity index (χ3n) is 2.75. The number of esters is 1. The van der Waals surface area contributed by atoms with Gasteiger partial charge in [-0.15, -0.1) is 0 Å². The number of carbonyl (C=O) groups is 1. The van der Waals surface area contributed by atoms with E-state index in [2.05, 4.69) is 10.1 Å². The summed E-state index contributed by atoms with van der Waals surface area (Å²) in [4.78, 5) is 28.2. The number of rotatable bonds is 3. The van der Waals surface area contributed by atoms with Crippen molar-refractivity contribution in [1.82, 2.24) is 14.6 Å².